The SMILES string of the molecule is CCCNc1cc(NCC2CCOC2C)ccn1. The van der Waals surface area contributed by atoms with Gasteiger partial charge in [-0.25, -0.2) is 4.98 Å². The highest BCUT2D eigenvalue weighted by Gasteiger charge is 2.23. The average molecular weight is 249 g/mol. The van der Waals surface area contributed by atoms with E-state index in [-0.39, 0.29) is 0 Å². The lowest BCUT2D eigenvalue weighted by molar-refractivity contribution is 0.108. The van der Waals surface area contributed by atoms with Crippen molar-refractivity contribution >= 4 is 11.5 Å². The molecule has 1 aliphatic heterocycles. The molecule has 2 heterocycles. The van der Waals surface area contributed by atoms with E-state index in [0.29, 0.717) is 12.0 Å². The van der Waals surface area contributed by atoms with Crippen molar-refractivity contribution in [1.82, 2.24) is 4.98 Å². The number of nitrogens with zero attached hydrogens (tertiary/aromatic N) is 1. The lowest BCUT2D eigenvalue weighted by Gasteiger charge is -2.16. The van der Waals surface area contributed by atoms with Crippen LogP contribution in [-0.2, 0) is 4.74 Å². The van der Waals surface area contributed by atoms with Crippen LogP contribution in [0.15, 0.2) is 18.3 Å². The topological polar surface area (TPSA) is 46.2 Å². The van der Waals surface area contributed by atoms with Crippen molar-refractivity contribution in [3.63, 3.8) is 0 Å². The fraction of sp³-hybridized carbons (Fsp3) is 0.643. The number of nitrogens with one attached hydrogen (secondary N) is 2. The second kappa shape index (κ2) is 6.59. The summed E-state index contributed by atoms with van der Waals surface area (Å²) in [7, 11) is 0. The maximum atomic E-state index is 5.57. The average Bonchev–Trinajstić information content (AvgIpc) is 2.80. The van der Waals surface area contributed by atoms with Crippen LogP contribution in [0.2, 0.25) is 0 Å². The van der Waals surface area contributed by atoms with Crippen molar-refractivity contribution in [2.24, 2.45) is 5.92 Å². The van der Waals surface area contributed by atoms with Gasteiger partial charge in [-0.3, -0.25) is 0 Å². The zero-order chi connectivity index (χ0) is 12.8. The Kier molecular flexibility index (Phi) is 4.81. The van der Waals surface area contributed by atoms with E-state index in [1.54, 1.807) is 0 Å². The molecule has 18 heavy (non-hydrogen) atoms. The maximum absolute atomic E-state index is 5.57. The highest BCUT2D eigenvalue weighted by molar-refractivity contribution is 5.51. The quantitative estimate of drug-likeness (QED) is 0.814. The Morgan fingerprint density at radius 3 is 3.06 bits per heavy atom. The summed E-state index contributed by atoms with van der Waals surface area (Å²) in [4.78, 5) is 4.30. The molecule has 1 aromatic heterocycles. The minimum absolute atomic E-state index is 0.372. The Labute approximate surface area is 109 Å². The van der Waals surface area contributed by atoms with Gasteiger partial charge in [0.05, 0.1) is 6.10 Å². The number of anilines is 2. The first-order valence-electron chi connectivity index (χ1n) is 6.85. The van der Waals surface area contributed by atoms with Crippen molar-refractivity contribution in [3.05, 3.63) is 18.3 Å². The molecule has 4 nitrogen and oxygen atoms in total. The molecular formula is C14H23N3O. The number of aromatic nitrogens is 1. The Morgan fingerprint density at radius 1 is 1.44 bits per heavy atom. The van der Waals surface area contributed by atoms with Crippen molar-refractivity contribution in [3.8, 4) is 0 Å². The van der Waals surface area contributed by atoms with Crippen molar-refractivity contribution in [2.75, 3.05) is 30.3 Å². The first-order valence-corrected chi connectivity index (χ1v) is 6.85. The van der Waals surface area contributed by atoms with E-state index in [1.165, 1.54) is 0 Å². The third-order valence-electron chi connectivity index (χ3n) is 3.42. The zero-order valence-corrected chi connectivity index (χ0v) is 11.3. The van der Waals surface area contributed by atoms with Crippen LogP contribution in [0.4, 0.5) is 11.5 Å². The molecule has 1 aliphatic rings. The molecule has 0 bridgehead atoms. The lowest BCUT2D eigenvalue weighted by atomic mass is 10.0. The summed E-state index contributed by atoms with van der Waals surface area (Å²) in [5.41, 5.74) is 1.13. The van der Waals surface area contributed by atoms with Crippen LogP contribution in [0.25, 0.3) is 0 Å². The molecule has 1 fully saturated rings. The Hall–Kier alpha value is -1.29. The molecule has 1 aromatic rings. The third-order valence-corrected chi connectivity index (χ3v) is 3.42. The minimum atomic E-state index is 0.372. The molecule has 0 amide bonds. The number of ether oxygens (including phenoxy) is 1. The molecular weight excluding hydrogens is 226 g/mol. The van der Waals surface area contributed by atoms with E-state index in [0.717, 1.165) is 44.0 Å². The third kappa shape index (κ3) is 3.60. The molecule has 0 aromatic carbocycles. The van der Waals surface area contributed by atoms with Crippen LogP contribution in [0.1, 0.15) is 26.7 Å². The smallest absolute Gasteiger partial charge is 0.127 e. The summed E-state index contributed by atoms with van der Waals surface area (Å²) in [6, 6.07) is 4.08. The number of hydrogen-bond acceptors (Lipinski definition) is 4. The maximum Gasteiger partial charge on any atom is 0.127 e. The molecule has 1 saturated heterocycles. The Balaban J connectivity index is 1.84. The summed E-state index contributed by atoms with van der Waals surface area (Å²) >= 11 is 0. The van der Waals surface area contributed by atoms with Gasteiger partial charge in [0, 0.05) is 43.6 Å². The summed E-state index contributed by atoms with van der Waals surface area (Å²) in [6.07, 6.45) is 4.47. The molecule has 0 radical (unpaired) electrons. The summed E-state index contributed by atoms with van der Waals surface area (Å²) in [5, 5.41) is 6.77. The van der Waals surface area contributed by atoms with Crippen LogP contribution < -0.4 is 10.6 Å². The number of pyridine rings is 1. The van der Waals surface area contributed by atoms with Gasteiger partial charge < -0.3 is 15.4 Å². The lowest BCUT2D eigenvalue weighted by Crippen LogP contribution is -2.20. The molecule has 4 heteroatoms. The molecule has 2 N–H and O–H groups in total. The first-order chi connectivity index (χ1) is 8.79. The highest BCUT2D eigenvalue weighted by atomic mass is 16.5. The van der Waals surface area contributed by atoms with Gasteiger partial charge in [0.2, 0.25) is 0 Å². The minimum Gasteiger partial charge on any atom is -0.385 e. The molecule has 2 unspecified atom stereocenters. The number of hydrogen-bond donors (Lipinski definition) is 2. The standard InChI is InChI=1S/C14H23N3O/c1-3-6-15-14-9-13(4-7-16-14)17-10-12-5-8-18-11(12)2/h4,7,9,11-12H,3,5-6,8,10H2,1-2H3,(H2,15,16,17). The fourth-order valence-electron chi connectivity index (χ4n) is 2.18. The van der Waals surface area contributed by atoms with Gasteiger partial charge in [0.25, 0.3) is 0 Å². The molecule has 2 rings (SSSR count). The number of rotatable bonds is 6. The van der Waals surface area contributed by atoms with Crippen LogP contribution in [-0.4, -0.2) is 30.8 Å². The van der Waals surface area contributed by atoms with Crippen LogP contribution in [0, 0.1) is 5.92 Å². The van der Waals surface area contributed by atoms with Gasteiger partial charge in [-0.15, -0.1) is 0 Å². The van der Waals surface area contributed by atoms with Crippen molar-refractivity contribution < 1.29 is 4.74 Å². The van der Waals surface area contributed by atoms with Crippen LogP contribution in [0.3, 0.4) is 0 Å². The zero-order valence-electron chi connectivity index (χ0n) is 11.3. The van der Waals surface area contributed by atoms with E-state index < -0.39 is 0 Å². The van der Waals surface area contributed by atoms with Crippen LogP contribution in [0.5, 0.6) is 0 Å². The summed E-state index contributed by atoms with van der Waals surface area (Å²) in [5.74, 6) is 1.56. The molecule has 0 aliphatic carbocycles. The molecule has 0 saturated carbocycles. The normalized spacial score (nSPS) is 23.0. The van der Waals surface area contributed by atoms with Gasteiger partial charge in [-0.2, -0.15) is 0 Å². The predicted molar refractivity (Wildman–Crippen MR) is 75.0 cm³/mol. The monoisotopic (exact) mass is 249 g/mol. The van der Waals surface area contributed by atoms with Gasteiger partial charge in [-0.1, -0.05) is 6.92 Å². The van der Waals surface area contributed by atoms with Crippen LogP contribution >= 0.6 is 0 Å². The van der Waals surface area contributed by atoms with Gasteiger partial charge in [0.15, 0.2) is 0 Å². The van der Waals surface area contributed by atoms with E-state index in [9.17, 15) is 0 Å². The predicted octanol–water partition coefficient (Wildman–Crippen LogP) is 2.74. The van der Waals surface area contributed by atoms with Crippen molar-refractivity contribution in [2.45, 2.75) is 32.8 Å². The van der Waals surface area contributed by atoms with Gasteiger partial charge >= 0.3 is 0 Å². The highest BCUT2D eigenvalue weighted by Crippen LogP contribution is 2.21. The molecule has 0 spiro atoms. The summed E-state index contributed by atoms with van der Waals surface area (Å²) in [6.45, 7) is 7.13. The second-order valence-corrected chi connectivity index (χ2v) is 4.86. The van der Waals surface area contributed by atoms with Gasteiger partial charge in [0.1, 0.15) is 5.82 Å². The fourth-order valence-corrected chi connectivity index (χ4v) is 2.18. The second-order valence-electron chi connectivity index (χ2n) is 4.86. The first kappa shape index (κ1) is 13.1. The van der Waals surface area contributed by atoms with E-state index in [1.807, 2.05) is 12.3 Å². The van der Waals surface area contributed by atoms with E-state index in [2.05, 4.69) is 35.5 Å². The Morgan fingerprint density at radius 2 is 2.33 bits per heavy atom. The molecule has 100 valence electrons. The largest absolute Gasteiger partial charge is 0.385 e. The van der Waals surface area contributed by atoms with Gasteiger partial charge in [-0.05, 0) is 25.8 Å². The van der Waals surface area contributed by atoms with E-state index in [4.69, 9.17) is 4.74 Å². The van der Waals surface area contributed by atoms with E-state index >= 15 is 0 Å². The molecule has 2 atom stereocenters. The van der Waals surface area contributed by atoms with Crippen molar-refractivity contribution in [1.29, 1.82) is 0 Å². The Bertz CT molecular complexity index is 370. The summed E-state index contributed by atoms with van der Waals surface area (Å²) < 4.78 is 5.57.